The molecule has 0 atom stereocenters. The number of carbonyl (C=O) groups is 1. The summed E-state index contributed by atoms with van der Waals surface area (Å²) < 4.78 is 2.45. The third-order valence-electron chi connectivity index (χ3n) is 7.04. The van der Waals surface area contributed by atoms with Crippen LogP contribution < -0.4 is 5.32 Å². The number of fused-ring (bicyclic) bond motifs is 1. The highest BCUT2D eigenvalue weighted by Crippen LogP contribution is 2.25. The van der Waals surface area contributed by atoms with E-state index in [1.165, 1.54) is 27.7 Å². The Balaban J connectivity index is 1.22. The number of aromatic nitrogens is 1. The Morgan fingerprint density at radius 3 is 2.46 bits per heavy atom. The number of amides is 1. The minimum absolute atomic E-state index is 0.0803. The molecule has 35 heavy (non-hydrogen) atoms. The van der Waals surface area contributed by atoms with Crippen molar-refractivity contribution in [1.82, 2.24) is 14.8 Å². The molecule has 4 aromatic rings. The molecule has 0 saturated carbocycles. The van der Waals surface area contributed by atoms with Gasteiger partial charge in [-0.3, -0.25) is 9.69 Å². The van der Waals surface area contributed by atoms with Gasteiger partial charge in [0.25, 0.3) is 0 Å². The molecular formula is C30H32ClN3O. The quantitative estimate of drug-likeness (QED) is 0.339. The molecule has 4 nitrogen and oxygen atoms in total. The third-order valence-corrected chi connectivity index (χ3v) is 7.30. The fourth-order valence-electron chi connectivity index (χ4n) is 5.10. The van der Waals surface area contributed by atoms with Crippen LogP contribution in [0.25, 0.3) is 10.9 Å². The Morgan fingerprint density at radius 1 is 0.914 bits per heavy atom. The second-order valence-corrected chi connectivity index (χ2v) is 10.1. The van der Waals surface area contributed by atoms with E-state index >= 15 is 0 Å². The van der Waals surface area contributed by atoms with Crippen LogP contribution in [0.2, 0.25) is 5.02 Å². The standard InChI is InChI=1S/C30H32ClN3O/c1-22-5-4-6-24(17-22)20-34-28(18-26-7-2-3-8-29(26)34)21-33-15-13-25(14-16-33)30(35)32-19-23-9-11-27(31)12-10-23/h2-12,17-18,25H,13-16,19-21H2,1H3,(H,32,35). The fraction of sp³-hybridized carbons (Fsp3) is 0.300. The van der Waals surface area contributed by atoms with E-state index < -0.39 is 0 Å². The van der Waals surface area contributed by atoms with Gasteiger partial charge < -0.3 is 9.88 Å². The number of nitrogens with one attached hydrogen (secondary N) is 1. The van der Waals surface area contributed by atoms with Crippen LogP contribution in [0.1, 0.15) is 35.2 Å². The van der Waals surface area contributed by atoms with Gasteiger partial charge in [-0.2, -0.15) is 0 Å². The fourth-order valence-corrected chi connectivity index (χ4v) is 5.22. The number of nitrogens with zero attached hydrogens (tertiary/aromatic N) is 2. The molecule has 1 amide bonds. The van der Waals surface area contributed by atoms with E-state index in [0.29, 0.717) is 11.6 Å². The zero-order chi connectivity index (χ0) is 24.2. The third kappa shape index (κ3) is 5.77. The maximum atomic E-state index is 12.7. The number of para-hydroxylation sites is 1. The molecule has 0 radical (unpaired) electrons. The Hall–Kier alpha value is -3.08. The summed E-state index contributed by atoms with van der Waals surface area (Å²) in [5.74, 6) is 0.241. The van der Waals surface area contributed by atoms with Gasteiger partial charge in [-0.25, -0.2) is 0 Å². The molecule has 0 bridgehead atoms. The van der Waals surface area contributed by atoms with Crippen LogP contribution in [0.5, 0.6) is 0 Å². The highest BCUT2D eigenvalue weighted by atomic mass is 35.5. The lowest BCUT2D eigenvalue weighted by Crippen LogP contribution is -2.40. The van der Waals surface area contributed by atoms with E-state index in [-0.39, 0.29) is 11.8 Å². The van der Waals surface area contributed by atoms with Crippen molar-refractivity contribution in [3.05, 3.63) is 106 Å². The zero-order valence-electron chi connectivity index (χ0n) is 20.2. The summed E-state index contributed by atoms with van der Waals surface area (Å²) >= 11 is 5.95. The highest BCUT2D eigenvalue weighted by molar-refractivity contribution is 6.30. The summed E-state index contributed by atoms with van der Waals surface area (Å²) in [6, 6.07) is 27.4. The van der Waals surface area contributed by atoms with E-state index in [1.54, 1.807) is 0 Å². The van der Waals surface area contributed by atoms with Gasteiger partial charge in [0, 0.05) is 41.8 Å². The van der Waals surface area contributed by atoms with Crippen LogP contribution in [-0.4, -0.2) is 28.5 Å². The first kappa shape index (κ1) is 23.7. The van der Waals surface area contributed by atoms with Gasteiger partial charge in [0.1, 0.15) is 0 Å². The summed E-state index contributed by atoms with van der Waals surface area (Å²) in [5, 5.41) is 5.10. The van der Waals surface area contributed by atoms with Crippen molar-refractivity contribution in [2.75, 3.05) is 13.1 Å². The van der Waals surface area contributed by atoms with Crippen LogP contribution in [0.4, 0.5) is 0 Å². The van der Waals surface area contributed by atoms with Crippen LogP contribution >= 0.6 is 11.6 Å². The Bertz CT molecular complexity index is 1300. The summed E-state index contributed by atoms with van der Waals surface area (Å²) in [4.78, 5) is 15.2. The number of likely N-dealkylation sites (tertiary alicyclic amines) is 1. The smallest absolute Gasteiger partial charge is 0.223 e. The molecule has 1 fully saturated rings. The molecular weight excluding hydrogens is 454 g/mol. The average molecular weight is 486 g/mol. The van der Waals surface area contributed by atoms with Crippen molar-refractivity contribution in [3.63, 3.8) is 0 Å². The first-order valence-electron chi connectivity index (χ1n) is 12.4. The summed E-state index contributed by atoms with van der Waals surface area (Å²) in [6.07, 6.45) is 1.79. The molecule has 1 N–H and O–H groups in total. The minimum atomic E-state index is 0.0803. The Labute approximate surface area is 212 Å². The first-order chi connectivity index (χ1) is 17.0. The molecule has 180 valence electrons. The number of hydrogen-bond acceptors (Lipinski definition) is 2. The topological polar surface area (TPSA) is 37.3 Å². The number of hydrogen-bond donors (Lipinski definition) is 1. The van der Waals surface area contributed by atoms with Crippen molar-refractivity contribution in [3.8, 4) is 0 Å². The molecule has 1 aromatic heterocycles. The SMILES string of the molecule is Cc1cccc(Cn2c(CN3CCC(C(=O)NCc4ccc(Cl)cc4)CC3)cc3ccccc32)c1. The lowest BCUT2D eigenvalue weighted by molar-refractivity contribution is -0.126. The van der Waals surface area contributed by atoms with Crippen LogP contribution in [0.3, 0.4) is 0 Å². The first-order valence-corrected chi connectivity index (χ1v) is 12.8. The van der Waals surface area contributed by atoms with Crippen LogP contribution in [-0.2, 0) is 24.4 Å². The molecule has 0 spiro atoms. The van der Waals surface area contributed by atoms with Gasteiger partial charge in [-0.15, -0.1) is 0 Å². The molecule has 0 aliphatic carbocycles. The summed E-state index contributed by atoms with van der Waals surface area (Å²) in [6.45, 7) is 6.34. The van der Waals surface area contributed by atoms with Crippen LogP contribution in [0.15, 0.2) is 78.9 Å². The molecule has 5 rings (SSSR count). The van der Waals surface area contributed by atoms with E-state index in [1.807, 2.05) is 24.3 Å². The lowest BCUT2D eigenvalue weighted by atomic mass is 9.95. The number of halogens is 1. The zero-order valence-corrected chi connectivity index (χ0v) is 21.0. The Kier molecular flexibility index (Phi) is 7.21. The summed E-state index contributed by atoms with van der Waals surface area (Å²) in [7, 11) is 0. The number of carbonyl (C=O) groups excluding carboxylic acids is 1. The maximum Gasteiger partial charge on any atom is 0.223 e. The molecule has 3 aromatic carbocycles. The second-order valence-electron chi connectivity index (χ2n) is 9.66. The van der Waals surface area contributed by atoms with Gasteiger partial charge in [-0.05, 0) is 73.6 Å². The van der Waals surface area contributed by atoms with Crippen molar-refractivity contribution in [1.29, 1.82) is 0 Å². The van der Waals surface area contributed by atoms with Gasteiger partial charge in [0.15, 0.2) is 0 Å². The van der Waals surface area contributed by atoms with Crippen molar-refractivity contribution >= 4 is 28.4 Å². The molecule has 1 aliphatic heterocycles. The van der Waals surface area contributed by atoms with Gasteiger partial charge in [0.05, 0.1) is 0 Å². The maximum absolute atomic E-state index is 12.7. The number of piperidine rings is 1. The normalized spacial score (nSPS) is 14.9. The van der Waals surface area contributed by atoms with Crippen molar-refractivity contribution in [2.24, 2.45) is 5.92 Å². The van der Waals surface area contributed by atoms with E-state index in [2.05, 4.69) is 76.3 Å². The predicted octanol–water partition coefficient (Wildman–Crippen LogP) is 6.18. The van der Waals surface area contributed by atoms with E-state index in [4.69, 9.17) is 11.6 Å². The van der Waals surface area contributed by atoms with Crippen LogP contribution in [0, 0.1) is 12.8 Å². The van der Waals surface area contributed by atoms with Gasteiger partial charge in [0.2, 0.25) is 5.91 Å². The highest BCUT2D eigenvalue weighted by Gasteiger charge is 2.25. The molecule has 0 unspecified atom stereocenters. The van der Waals surface area contributed by atoms with E-state index in [0.717, 1.165) is 44.6 Å². The van der Waals surface area contributed by atoms with Gasteiger partial charge >= 0.3 is 0 Å². The monoisotopic (exact) mass is 485 g/mol. The molecule has 1 saturated heterocycles. The lowest BCUT2D eigenvalue weighted by Gasteiger charge is -2.31. The number of benzene rings is 3. The van der Waals surface area contributed by atoms with E-state index in [9.17, 15) is 4.79 Å². The molecule has 2 heterocycles. The van der Waals surface area contributed by atoms with Gasteiger partial charge in [-0.1, -0.05) is 71.8 Å². The number of aryl methyl sites for hydroxylation is 1. The summed E-state index contributed by atoms with van der Waals surface area (Å²) in [5.41, 5.74) is 6.29. The predicted molar refractivity (Wildman–Crippen MR) is 144 cm³/mol. The van der Waals surface area contributed by atoms with Crippen molar-refractivity contribution in [2.45, 2.75) is 39.4 Å². The number of rotatable bonds is 7. The molecule has 1 aliphatic rings. The minimum Gasteiger partial charge on any atom is -0.352 e. The average Bonchev–Trinajstić information content (AvgIpc) is 3.20. The Morgan fingerprint density at radius 2 is 1.69 bits per heavy atom. The van der Waals surface area contributed by atoms with Crippen molar-refractivity contribution < 1.29 is 4.79 Å². The largest absolute Gasteiger partial charge is 0.352 e. The second kappa shape index (κ2) is 10.7. The molecule has 5 heteroatoms.